The summed E-state index contributed by atoms with van der Waals surface area (Å²) in [7, 11) is 0. The summed E-state index contributed by atoms with van der Waals surface area (Å²) >= 11 is 0. The van der Waals surface area contributed by atoms with E-state index in [9.17, 15) is 5.11 Å². The lowest BCUT2D eigenvalue weighted by Gasteiger charge is -2.06. The molecular formula is C15H19NO. The third-order valence-corrected chi connectivity index (χ3v) is 2.41. The number of aliphatic hydroxyl groups is 1. The maximum Gasteiger partial charge on any atom is 0.0699 e. The van der Waals surface area contributed by atoms with Gasteiger partial charge in [0.15, 0.2) is 0 Å². The second-order valence-electron chi connectivity index (χ2n) is 3.71. The zero-order chi connectivity index (χ0) is 12.5. The molecule has 2 nitrogen and oxygen atoms in total. The van der Waals surface area contributed by atoms with Gasteiger partial charge < -0.3 is 5.11 Å². The van der Waals surface area contributed by atoms with Crippen molar-refractivity contribution in [1.29, 1.82) is 0 Å². The van der Waals surface area contributed by atoms with Gasteiger partial charge in [0, 0.05) is 12.6 Å². The van der Waals surface area contributed by atoms with Gasteiger partial charge in [-0.25, -0.2) is 0 Å². The predicted molar refractivity (Wildman–Crippen MR) is 71.6 cm³/mol. The third kappa shape index (κ3) is 4.37. The highest BCUT2D eigenvalue weighted by Gasteiger charge is 2.03. The van der Waals surface area contributed by atoms with Crippen molar-refractivity contribution in [1.82, 2.24) is 4.98 Å². The second-order valence-corrected chi connectivity index (χ2v) is 3.71. The Hall–Kier alpha value is -1.67. The smallest absolute Gasteiger partial charge is 0.0699 e. The average molecular weight is 229 g/mol. The summed E-state index contributed by atoms with van der Waals surface area (Å²) in [5.41, 5.74) is 3.01. The van der Waals surface area contributed by atoms with Gasteiger partial charge in [-0.1, -0.05) is 36.4 Å². The van der Waals surface area contributed by atoms with Crippen LogP contribution in [0, 0.1) is 0 Å². The maximum atomic E-state index is 9.25. The lowest BCUT2D eigenvalue weighted by molar-refractivity contribution is 0.280. The predicted octanol–water partition coefficient (Wildman–Crippen LogP) is 3.20. The van der Waals surface area contributed by atoms with Crippen LogP contribution < -0.4 is 0 Å². The van der Waals surface area contributed by atoms with Gasteiger partial charge in [0.25, 0.3) is 0 Å². The van der Waals surface area contributed by atoms with Crippen LogP contribution in [-0.2, 0) is 13.0 Å². The minimum absolute atomic E-state index is 0.0376. The van der Waals surface area contributed by atoms with Crippen molar-refractivity contribution in [3.8, 4) is 0 Å². The van der Waals surface area contributed by atoms with Gasteiger partial charge in [0.1, 0.15) is 0 Å². The standard InChI is InChI=1S/C15H19NO/c1-3-5-8-13(7-4-2)11-15-14(12-17)9-6-10-16-15/h3-10,17H,11-12H2,1-2H3/b5-3-,7-4-,13-8+. The van der Waals surface area contributed by atoms with Crippen molar-refractivity contribution in [3.63, 3.8) is 0 Å². The third-order valence-electron chi connectivity index (χ3n) is 2.41. The van der Waals surface area contributed by atoms with Gasteiger partial charge in [0.05, 0.1) is 12.3 Å². The van der Waals surface area contributed by atoms with E-state index in [-0.39, 0.29) is 6.61 Å². The highest BCUT2D eigenvalue weighted by Crippen LogP contribution is 2.12. The molecule has 90 valence electrons. The first-order valence-electron chi connectivity index (χ1n) is 5.80. The number of rotatable bonds is 5. The van der Waals surface area contributed by atoms with E-state index < -0.39 is 0 Å². The normalized spacial score (nSPS) is 12.8. The molecule has 0 fully saturated rings. The second kappa shape index (κ2) is 7.58. The Bertz CT molecular complexity index is 430. The van der Waals surface area contributed by atoms with E-state index in [0.717, 1.165) is 17.7 Å². The van der Waals surface area contributed by atoms with Crippen molar-refractivity contribution in [2.24, 2.45) is 0 Å². The Kier molecular flexibility index (Phi) is 5.97. The van der Waals surface area contributed by atoms with Crippen LogP contribution in [0.2, 0.25) is 0 Å². The summed E-state index contributed by atoms with van der Waals surface area (Å²) < 4.78 is 0. The van der Waals surface area contributed by atoms with Gasteiger partial charge in [0.2, 0.25) is 0 Å². The molecule has 1 heterocycles. The minimum Gasteiger partial charge on any atom is -0.392 e. The molecule has 0 aliphatic heterocycles. The largest absolute Gasteiger partial charge is 0.392 e. The first-order valence-corrected chi connectivity index (χ1v) is 5.80. The topological polar surface area (TPSA) is 33.1 Å². The van der Waals surface area contributed by atoms with Crippen LogP contribution in [0.15, 0.2) is 54.3 Å². The monoisotopic (exact) mass is 229 g/mol. The number of aromatic nitrogens is 1. The molecule has 17 heavy (non-hydrogen) atoms. The average Bonchev–Trinajstić information content (AvgIpc) is 2.37. The van der Waals surface area contributed by atoms with Crippen molar-refractivity contribution in [2.45, 2.75) is 26.9 Å². The summed E-state index contributed by atoms with van der Waals surface area (Å²) in [4.78, 5) is 4.32. The molecule has 0 aliphatic rings. The minimum atomic E-state index is 0.0376. The summed E-state index contributed by atoms with van der Waals surface area (Å²) in [5.74, 6) is 0. The zero-order valence-corrected chi connectivity index (χ0v) is 10.4. The Morgan fingerprint density at radius 3 is 2.82 bits per heavy atom. The van der Waals surface area contributed by atoms with Crippen molar-refractivity contribution in [3.05, 3.63) is 65.5 Å². The Morgan fingerprint density at radius 2 is 2.18 bits per heavy atom. The van der Waals surface area contributed by atoms with Gasteiger partial charge in [-0.3, -0.25) is 4.98 Å². The Morgan fingerprint density at radius 1 is 1.35 bits per heavy atom. The number of hydrogen-bond donors (Lipinski definition) is 1. The first kappa shape index (κ1) is 13.4. The number of pyridine rings is 1. The van der Waals surface area contributed by atoms with Crippen LogP contribution in [0.5, 0.6) is 0 Å². The molecule has 1 aromatic rings. The number of allylic oxidation sites excluding steroid dienone is 6. The molecule has 0 amide bonds. The maximum absolute atomic E-state index is 9.25. The first-order chi connectivity index (χ1) is 8.31. The molecular weight excluding hydrogens is 210 g/mol. The molecule has 0 spiro atoms. The SMILES string of the molecule is C\C=C/C=C(\C=C/C)Cc1ncccc1CO. The highest BCUT2D eigenvalue weighted by atomic mass is 16.3. The molecule has 0 saturated carbocycles. The van der Waals surface area contributed by atoms with E-state index in [1.807, 2.05) is 44.2 Å². The molecule has 0 bridgehead atoms. The Balaban J connectivity index is 2.93. The summed E-state index contributed by atoms with van der Waals surface area (Å²) in [5, 5.41) is 9.25. The molecule has 1 N–H and O–H groups in total. The lowest BCUT2D eigenvalue weighted by atomic mass is 10.0. The molecule has 2 heteroatoms. The van der Waals surface area contributed by atoms with E-state index in [1.54, 1.807) is 6.20 Å². The van der Waals surface area contributed by atoms with Crippen molar-refractivity contribution >= 4 is 0 Å². The number of nitrogens with zero attached hydrogens (tertiary/aromatic N) is 1. The quantitative estimate of drug-likeness (QED) is 0.786. The fraction of sp³-hybridized carbons (Fsp3) is 0.267. The lowest BCUT2D eigenvalue weighted by Crippen LogP contribution is -1.98. The zero-order valence-electron chi connectivity index (χ0n) is 10.4. The van der Waals surface area contributed by atoms with E-state index in [4.69, 9.17) is 0 Å². The van der Waals surface area contributed by atoms with Gasteiger partial charge >= 0.3 is 0 Å². The summed E-state index contributed by atoms with van der Waals surface area (Å²) in [6.07, 6.45) is 12.6. The molecule has 1 aromatic heterocycles. The van der Waals surface area contributed by atoms with E-state index in [0.29, 0.717) is 0 Å². The number of aliphatic hydroxyl groups excluding tert-OH is 1. The van der Waals surface area contributed by atoms with Crippen LogP contribution >= 0.6 is 0 Å². The molecule has 0 atom stereocenters. The summed E-state index contributed by atoms with van der Waals surface area (Å²) in [6, 6.07) is 3.76. The highest BCUT2D eigenvalue weighted by molar-refractivity contribution is 5.31. The van der Waals surface area contributed by atoms with Crippen LogP contribution in [0.1, 0.15) is 25.1 Å². The fourth-order valence-corrected chi connectivity index (χ4v) is 1.58. The van der Waals surface area contributed by atoms with E-state index in [2.05, 4.69) is 17.1 Å². The molecule has 0 aliphatic carbocycles. The van der Waals surface area contributed by atoms with Gasteiger partial charge in [-0.2, -0.15) is 0 Å². The molecule has 0 aromatic carbocycles. The number of hydrogen-bond acceptors (Lipinski definition) is 2. The van der Waals surface area contributed by atoms with E-state index in [1.165, 1.54) is 5.57 Å². The van der Waals surface area contributed by atoms with Crippen LogP contribution in [0.3, 0.4) is 0 Å². The van der Waals surface area contributed by atoms with E-state index >= 15 is 0 Å². The van der Waals surface area contributed by atoms with Gasteiger partial charge in [-0.05, 0) is 31.1 Å². The van der Waals surface area contributed by atoms with Crippen molar-refractivity contribution < 1.29 is 5.11 Å². The Labute approximate surface area is 103 Å². The van der Waals surface area contributed by atoms with Crippen LogP contribution in [0.25, 0.3) is 0 Å². The molecule has 0 radical (unpaired) electrons. The van der Waals surface area contributed by atoms with Crippen molar-refractivity contribution in [2.75, 3.05) is 0 Å². The fourth-order valence-electron chi connectivity index (χ4n) is 1.58. The van der Waals surface area contributed by atoms with Gasteiger partial charge in [-0.15, -0.1) is 0 Å². The van der Waals surface area contributed by atoms with Crippen LogP contribution in [0.4, 0.5) is 0 Å². The van der Waals surface area contributed by atoms with Crippen LogP contribution in [-0.4, -0.2) is 10.1 Å². The molecule has 0 unspecified atom stereocenters. The molecule has 1 rings (SSSR count). The molecule has 0 saturated heterocycles. The summed E-state index contributed by atoms with van der Waals surface area (Å²) in [6.45, 7) is 4.02.